The summed E-state index contributed by atoms with van der Waals surface area (Å²) in [4.78, 5) is 18.1. The number of hydrogen-bond acceptors (Lipinski definition) is 4. The monoisotopic (exact) mass is 473 g/mol. The Hall–Kier alpha value is -2.16. The predicted octanol–water partition coefficient (Wildman–Crippen LogP) is 3.77. The van der Waals surface area contributed by atoms with Crippen LogP contribution in [0, 0.1) is 0 Å². The number of rotatable bonds is 6. The van der Waals surface area contributed by atoms with Crippen molar-refractivity contribution in [1.82, 2.24) is 24.9 Å². The van der Waals surface area contributed by atoms with Crippen LogP contribution < -0.4 is 5.32 Å². The molecule has 1 aliphatic rings. The average molecular weight is 474 g/mol. The maximum Gasteiger partial charge on any atom is 0.317 e. The van der Waals surface area contributed by atoms with Gasteiger partial charge in [-0.25, -0.2) is 9.48 Å². The van der Waals surface area contributed by atoms with Crippen LogP contribution in [-0.2, 0) is 13.0 Å². The molecule has 6 nitrogen and oxygen atoms in total. The number of nitrogens with one attached hydrogen (secondary N) is 1. The number of benzene rings is 1. The average Bonchev–Trinajstić information content (AvgIpc) is 3.41. The number of carbonyl (C=O) groups excluding carboxylic acids is 1. The third-order valence-corrected chi connectivity index (χ3v) is 6.67. The van der Waals surface area contributed by atoms with Crippen LogP contribution in [0.25, 0.3) is 5.69 Å². The first-order valence-electron chi connectivity index (χ1n) is 9.76. The van der Waals surface area contributed by atoms with Crippen molar-refractivity contribution in [2.75, 3.05) is 32.7 Å². The minimum atomic E-state index is 0.0386. The molecule has 0 spiro atoms. The van der Waals surface area contributed by atoms with E-state index in [1.807, 2.05) is 21.8 Å². The zero-order valence-corrected chi connectivity index (χ0v) is 18.5. The highest BCUT2D eigenvalue weighted by atomic mass is 79.9. The molecule has 0 atom stereocenters. The van der Waals surface area contributed by atoms with Crippen LogP contribution in [0.5, 0.6) is 0 Å². The Morgan fingerprint density at radius 2 is 1.90 bits per heavy atom. The minimum absolute atomic E-state index is 0.0386. The van der Waals surface area contributed by atoms with Gasteiger partial charge in [-0.2, -0.15) is 5.10 Å². The summed E-state index contributed by atoms with van der Waals surface area (Å²) in [6, 6.07) is 14.5. The van der Waals surface area contributed by atoms with E-state index in [1.165, 1.54) is 14.2 Å². The van der Waals surface area contributed by atoms with Crippen LogP contribution in [0.15, 0.2) is 58.6 Å². The molecule has 29 heavy (non-hydrogen) atoms. The van der Waals surface area contributed by atoms with E-state index >= 15 is 0 Å². The lowest BCUT2D eigenvalue weighted by Crippen LogP contribution is -2.51. The number of amides is 2. The largest absolute Gasteiger partial charge is 0.338 e. The van der Waals surface area contributed by atoms with E-state index in [1.54, 1.807) is 17.5 Å². The van der Waals surface area contributed by atoms with Crippen molar-refractivity contribution in [3.63, 3.8) is 0 Å². The Labute approximate surface area is 183 Å². The summed E-state index contributed by atoms with van der Waals surface area (Å²) in [5.41, 5.74) is 2.24. The summed E-state index contributed by atoms with van der Waals surface area (Å²) in [6.45, 7) is 4.98. The van der Waals surface area contributed by atoms with E-state index in [9.17, 15) is 4.79 Å². The van der Waals surface area contributed by atoms with Gasteiger partial charge >= 0.3 is 6.03 Å². The van der Waals surface area contributed by atoms with Gasteiger partial charge < -0.3 is 10.2 Å². The molecule has 1 aliphatic heterocycles. The normalized spacial score (nSPS) is 14.9. The van der Waals surface area contributed by atoms with Crippen LogP contribution >= 0.6 is 27.3 Å². The Kier molecular flexibility index (Phi) is 6.63. The number of hydrogen-bond donors (Lipinski definition) is 1. The van der Waals surface area contributed by atoms with E-state index in [4.69, 9.17) is 0 Å². The Morgan fingerprint density at radius 3 is 2.55 bits per heavy atom. The van der Waals surface area contributed by atoms with Crippen molar-refractivity contribution in [1.29, 1.82) is 0 Å². The fourth-order valence-corrected chi connectivity index (χ4v) is 4.95. The van der Waals surface area contributed by atoms with Gasteiger partial charge in [-0.15, -0.1) is 11.3 Å². The van der Waals surface area contributed by atoms with Crippen LogP contribution in [0.4, 0.5) is 4.79 Å². The first-order chi connectivity index (χ1) is 14.2. The summed E-state index contributed by atoms with van der Waals surface area (Å²) in [5.74, 6) is 0. The first-order valence-corrected chi connectivity index (χ1v) is 11.4. The van der Waals surface area contributed by atoms with E-state index in [2.05, 4.69) is 67.6 Å². The van der Waals surface area contributed by atoms with Gasteiger partial charge in [-0.05, 0) is 58.2 Å². The molecule has 3 heterocycles. The van der Waals surface area contributed by atoms with Crippen molar-refractivity contribution in [2.45, 2.75) is 13.0 Å². The molecule has 3 aromatic rings. The molecule has 0 unspecified atom stereocenters. The second-order valence-corrected chi connectivity index (χ2v) is 9.62. The number of urea groups is 1. The first kappa shape index (κ1) is 20.1. The maximum atomic E-state index is 12.4. The second kappa shape index (κ2) is 9.56. The Morgan fingerprint density at radius 1 is 1.10 bits per heavy atom. The van der Waals surface area contributed by atoms with Crippen molar-refractivity contribution in [3.05, 3.63) is 69.1 Å². The zero-order valence-electron chi connectivity index (χ0n) is 16.1. The number of thiophene rings is 1. The molecular formula is C21H24BrN5OS. The number of carbonyl (C=O) groups is 1. The van der Waals surface area contributed by atoms with Crippen molar-refractivity contribution < 1.29 is 4.79 Å². The SMILES string of the molecule is O=C(NCCc1ccc(-n2cccn2)cc1)N1CCN(Cc2ccc(Br)s2)CC1. The minimum Gasteiger partial charge on any atom is -0.338 e. The molecule has 8 heteroatoms. The third-order valence-electron chi connectivity index (χ3n) is 5.06. The van der Waals surface area contributed by atoms with Crippen LogP contribution in [-0.4, -0.2) is 58.3 Å². The molecule has 2 aromatic heterocycles. The topological polar surface area (TPSA) is 53.4 Å². The van der Waals surface area contributed by atoms with Gasteiger partial charge in [0.25, 0.3) is 0 Å². The van der Waals surface area contributed by atoms with E-state index < -0.39 is 0 Å². The Bertz CT molecular complexity index is 917. The second-order valence-electron chi connectivity index (χ2n) is 7.07. The van der Waals surface area contributed by atoms with Gasteiger partial charge in [0.2, 0.25) is 0 Å². The fourth-order valence-electron chi connectivity index (χ4n) is 3.43. The van der Waals surface area contributed by atoms with Gasteiger partial charge in [0, 0.05) is 56.5 Å². The summed E-state index contributed by atoms with van der Waals surface area (Å²) in [7, 11) is 0. The lowest BCUT2D eigenvalue weighted by molar-refractivity contribution is 0.136. The number of halogens is 1. The van der Waals surface area contributed by atoms with Crippen molar-refractivity contribution >= 4 is 33.3 Å². The highest BCUT2D eigenvalue weighted by Gasteiger charge is 2.21. The molecule has 0 saturated carbocycles. The number of aromatic nitrogens is 2. The van der Waals surface area contributed by atoms with Gasteiger partial charge in [0.15, 0.2) is 0 Å². The zero-order chi connectivity index (χ0) is 20.1. The standard InChI is InChI=1S/C21H24BrN5OS/c22-20-7-6-19(29-20)16-25-12-14-26(15-13-25)21(28)23-10-8-17-2-4-18(5-3-17)27-11-1-9-24-27/h1-7,9,11H,8,10,12-16H2,(H,23,28). The molecule has 1 N–H and O–H groups in total. The number of piperazine rings is 1. The maximum absolute atomic E-state index is 12.4. The van der Waals surface area contributed by atoms with Crippen LogP contribution in [0.2, 0.25) is 0 Å². The highest BCUT2D eigenvalue weighted by molar-refractivity contribution is 9.11. The van der Waals surface area contributed by atoms with E-state index in [0.29, 0.717) is 6.54 Å². The summed E-state index contributed by atoms with van der Waals surface area (Å²) < 4.78 is 3.00. The summed E-state index contributed by atoms with van der Waals surface area (Å²) >= 11 is 5.29. The molecule has 2 amide bonds. The lowest BCUT2D eigenvalue weighted by Gasteiger charge is -2.34. The van der Waals surface area contributed by atoms with Gasteiger partial charge in [-0.1, -0.05) is 12.1 Å². The summed E-state index contributed by atoms with van der Waals surface area (Å²) in [5, 5.41) is 7.29. The van der Waals surface area contributed by atoms with Gasteiger partial charge in [-0.3, -0.25) is 4.90 Å². The van der Waals surface area contributed by atoms with E-state index in [0.717, 1.165) is 44.8 Å². The molecule has 1 fully saturated rings. The molecule has 1 aromatic carbocycles. The number of nitrogens with zero attached hydrogens (tertiary/aromatic N) is 4. The van der Waals surface area contributed by atoms with Gasteiger partial charge in [0.05, 0.1) is 9.47 Å². The quantitative estimate of drug-likeness (QED) is 0.592. The molecule has 4 rings (SSSR count). The Balaban J connectivity index is 1.17. The van der Waals surface area contributed by atoms with E-state index in [-0.39, 0.29) is 6.03 Å². The molecule has 0 radical (unpaired) electrons. The van der Waals surface area contributed by atoms with Crippen molar-refractivity contribution in [3.8, 4) is 5.69 Å². The summed E-state index contributed by atoms with van der Waals surface area (Å²) in [6.07, 6.45) is 4.51. The predicted molar refractivity (Wildman–Crippen MR) is 120 cm³/mol. The van der Waals surface area contributed by atoms with Crippen LogP contribution in [0.1, 0.15) is 10.4 Å². The molecule has 0 bridgehead atoms. The lowest BCUT2D eigenvalue weighted by atomic mass is 10.1. The third kappa shape index (κ3) is 5.46. The fraction of sp³-hybridized carbons (Fsp3) is 0.333. The molecule has 152 valence electrons. The molecule has 0 aliphatic carbocycles. The molecular weight excluding hydrogens is 450 g/mol. The van der Waals surface area contributed by atoms with Crippen LogP contribution in [0.3, 0.4) is 0 Å². The van der Waals surface area contributed by atoms with Gasteiger partial charge in [0.1, 0.15) is 0 Å². The molecule has 1 saturated heterocycles. The highest BCUT2D eigenvalue weighted by Crippen LogP contribution is 2.23. The van der Waals surface area contributed by atoms with Crippen molar-refractivity contribution in [2.24, 2.45) is 0 Å². The smallest absolute Gasteiger partial charge is 0.317 e.